The van der Waals surface area contributed by atoms with Crippen LogP contribution in [0.1, 0.15) is 117 Å². The van der Waals surface area contributed by atoms with Crippen molar-refractivity contribution in [3.63, 3.8) is 0 Å². The molecule has 1 N–H and O–H groups in total. The zero-order chi connectivity index (χ0) is 29.7. The molecular weight excluding hydrogens is 520 g/mol. The summed E-state index contributed by atoms with van der Waals surface area (Å²) in [6.07, 6.45) is 9.68. The molecule has 3 saturated heterocycles. The number of fused-ring (bicyclic) bond motifs is 2. The number of piperidine rings is 2. The summed E-state index contributed by atoms with van der Waals surface area (Å²) in [5.74, 6) is -1.24. The van der Waals surface area contributed by atoms with E-state index < -0.39 is 17.0 Å². The molecule has 228 valence electrons. The summed E-state index contributed by atoms with van der Waals surface area (Å²) >= 11 is 0. The first-order valence-electron chi connectivity index (χ1n) is 16.0. The van der Waals surface area contributed by atoms with Gasteiger partial charge in [0.25, 0.3) is 0 Å². The molecule has 0 radical (unpaired) electrons. The van der Waals surface area contributed by atoms with Crippen LogP contribution in [0, 0.1) is 28.9 Å². The molecule has 1 aromatic rings. The number of carbonyl (C=O) groups is 2. The second-order valence-corrected chi connectivity index (χ2v) is 15.5. The highest BCUT2D eigenvalue weighted by Crippen LogP contribution is 2.54. The highest BCUT2D eigenvalue weighted by atomic mass is 19.1. The molecule has 0 spiro atoms. The summed E-state index contributed by atoms with van der Waals surface area (Å²) in [6.45, 7) is 13.9. The van der Waals surface area contributed by atoms with Gasteiger partial charge in [-0.25, -0.2) is 8.78 Å². The molecule has 5 rings (SSSR count). The normalized spacial score (nSPS) is 31.8. The van der Waals surface area contributed by atoms with Crippen molar-refractivity contribution in [2.45, 2.75) is 135 Å². The van der Waals surface area contributed by atoms with E-state index in [1.807, 2.05) is 20.8 Å². The molecule has 4 fully saturated rings. The maximum absolute atomic E-state index is 15.2. The van der Waals surface area contributed by atoms with Crippen molar-refractivity contribution in [1.29, 1.82) is 0 Å². The number of likely N-dealkylation sites (tertiary alicyclic amines) is 1. The Morgan fingerprint density at radius 2 is 1.54 bits per heavy atom. The molecule has 1 saturated carbocycles. The van der Waals surface area contributed by atoms with Crippen molar-refractivity contribution in [3.8, 4) is 0 Å². The van der Waals surface area contributed by atoms with E-state index in [0.29, 0.717) is 24.4 Å². The minimum Gasteiger partial charge on any atom is -0.351 e. The predicted octanol–water partition coefficient (Wildman–Crippen LogP) is 6.80. The van der Waals surface area contributed by atoms with Crippen LogP contribution in [0.15, 0.2) is 18.2 Å². The number of hydrogen-bond donors (Lipinski definition) is 1. The van der Waals surface area contributed by atoms with Gasteiger partial charge in [0.2, 0.25) is 11.8 Å². The third-order valence-corrected chi connectivity index (χ3v) is 10.6. The number of carbonyl (C=O) groups excluding carboxylic acids is 2. The summed E-state index contributed by atoms with van der Waals surface area (Å²) in [7, 11) is 0. The quantitative estimate of drug-likeness (QED) is 0.432. The number of rotatable bonds is 4. The Balaban J connectivity index is 1.44. The van der Waals surface area contributed by atoms with Crippen molar-refractivity contribution in [3.05, 3.63) is 35.4 Å². The number of nitrogens with zero attached hydrogens (tertiary/aromatic N) is 2. The molecule has 3 unspecified atom stereocenters. The van der Waals surface area contributed by atoms with Crippen LogP contribution in [0.3, 0.4) is 0 Å². The van der Waals surface area contributed by atoms with E-state index >= 15 is 4.39 Å². The number of hydrogen-bond acceptors (Lipinski definition) is 3. The van der Waals surface area contributed by atoms with Gasteiger partial charge in [-0.15, -0.1) is 0 Å². The first kappa shape index (κ1) is 30.4. The summed E-state index contributed by atoms with van der Waals surface area (Å²) < 4.78 is 29.1. The smallest absolute Gasteiger partial charge is 0.227 e. The SMILES string of the molecule is CC(C)(C)NC(=O)C1(C2CCCCC2)CC2CCC(C1)N2C(=O)[C@@H]1CCN(C(C)(C)C)CC1c1ccc(F)cc1F. The molecule has 5 nitrogen and oxygen atoms in total. The maximum atomic E-state index is 15.2. The van der Waals surface area contributed by atoms with Crippen LogP contribution >= 0.6 is 0 Å². The Bertz CT molecular complexity index is 1120. The molecule has 2 amide bonds. The van der Waals surface area contributed by atoms with Gasteiger partial charge in [-0.05, 0) is 111 Å². The van der Waals surface area contributed by atoms with Crippen molar-refractivity contribution >= 4 is 11.8 Å². The lowest BCUT2D eigenvalue weighted by Gasteiger charge is -2.52. The Labute approximate surface area is 245 Å². The van der Waals surface area contributed by atoms with Gasteiger partial charge in [0.15, 0.2) is 0 Å². The largest absolute Gasteiger partial charge is 0.351 e. The zero-order valence-corrected chi connectivity index (χ0v) is 26.1. The van der Waals surface area contributed by atoms with Crippen LogP contribution in [0.4, 0.5) is 8.78 Å². The monoisotopic (exact) mass is 571 g/mol. The Kier molecular flexibility index (Phi) is 8.34. The van der Waals surface area contributed by atoms with Gasteiger partial charge in [0.1, 0.15) is 11.6 Å². The fourth-order valence-electron chi connectivity index (χ4n) is 8.64. The molecule has 3 aliphatic heterocycles. The minimum absolute atomic E-state index is 0.0354. The standard InChI is InChI=1S/C34H51F2N3O2/c1-32(2,3)37-31(41)34(22-10-8-7-9-11-22)19-24-13-14-25(20-34)39(24)30(40)27-16-17-38(33(4,5)6)21-28(27)26-15-12-23(35)18-29(26)36/h12,15,18,22,24-25,27-28H,7-11,13-14,16-17,19-21H2,1-6H3,(H,37,41)/t24?,25?,27-,28?,34?/m1/s1. The number of amides is 2. The average Bonchev–Trinajstić information content (AvgIpc) is 3.16. The molecule has 0 aromatic heterocycles. The first-order valence-corrected chi connectivity index (χ1v) is 16.0. The Hall–Kier alpha value is -2.02. The molecule has 1 aromatic carbocycles. The van der Waals surface area contributed by atoms with Crippen molar-refractivity contribution in [2.24, 2.45) is 17.3 Å². The molecule has 3 heterocycles. The van der Waals surface area contributed by atoms with Crippen LogP contribution in [0.2, 0.25) is 0 Å². The summed E-state index contributed by atoms with van der Waals surface area (Å²) in [4.78, 5) is 33.0. The van der Waals surface area contributed by atoms with Crippen molar-refractivity contribution in [1.82, 2.24) is 15.1 Å². The number of nitrogens with one attached hydrogen (secondary N) is 1. The van der Waals surface area contributed by atoms with Gasteiger partial charge in [-0.2, -0.15) is 0 Å². The van der Waals surface area contributed by atoms with Crippen LogP contribution in [-0.2, 0) is 9.59 Å². The van der Waals surface area contributed by atoms with Crippen LogP contribution in [0.25, 0.3) is 0 Å². The lowest BCUT2D eigenvalue weighted by atomic mass is 9.61. The van der Waals surface area contributed by atoms with E-state index in [1.54, 1.807) is 0 Å². The fourth-order valence-corrected chi connectivity index (χ4v) is 8.64. The molecule has 4 atom stereocenters. The molecule has 7 heteroatoms. The lowest BCUT2D eigenvalue weighted by Crippen LogP contribution is -2.61. The second-order valence-electron chi connectivity index (χ2n) is 15.5. The summed E-state index contributed by atoms with van der Waals surface area (Å²) in [5.41, 5.74) is -0.427. The van der Waals surface area contributed by atoms with E-state index in [9.17, 15) is 14.0 Å². The van der Waals surface area contributed by atoms with Crippen molar-refractivity contribution in [2.75, 3.05) is 13.1 Å². The van der Waals surface area contributed by atoms with Crippen LogP contribution < -0.4 is 5.32 Å². The third kappa shape index (κ3) is 6.07. The van der Waals surface area contributed by atoms with Gasteiger partial charge in [-0.1, -0.05) is 25.3 Å². The minimum atomic E-state index is -0.598. The van der Waals surface area contributed by atoms with Gasteiger partial charge < -0.3 is 10.2 Å². The van der Waals surface area contributed by atoms with Gasteiger partial charge in [0.05, 0.1) is 5.41 Å². The van der Waals surface area contributed by atoms with Gasteiger partial charge in [-0.3, -0.25) is 14.5 Å². The van der Waals surface area contributed by atoms with Gasteiger partial charge in [0, 0.05) is 47.6 Å². The molecule has 1 aliphatic carbocycles. The van der Waals surface area contributed by atoms with Crippen molar-refractivity contribution < 1.29 is 18.4 Å². The molecule has 41 heavy (non-hydrogen) atoms. The zero-order valence-electron chi connectivity index (χ0n) is 26.1. The van der Waals surface area contributed by atoms with Crippen LogP contribution in [0.5, 0.6) is 0 Å². The van der Waals surface area contributed by atoms with E-state index in [-0.39, 0.29) is 46.8 Å². The molecule has 2 bridgehead atoms. The summed E-state index contributed by atoms with van der Waals surface area (Å²) in [5, 5.41) is 3.34. The number of halogens is 2. The highest BCUT2D eigenvalue weighted by molar-refractivity contribution is 5.86. The maximum Gasteiger partial charge on any atom is 0.227 e. The Morgan fingerprint density at radius 1 is 0.902 bits per heavy atom. The summed E-state index contributed by atoms with van der Waals surface area (Å²) in [6, 6.07) is 3.87. The third-order valence-electron chi connectivity index (χ3n) is 10.6. The predicted molar refractivity (Wildman–Crippen MR) is 158 cm³/mol. The topological polar surface area (TPSA) is 52.7 Å². The fraction of sp³-hybridized carbons (Fsp3) is 0.765. The average molecular weight is 572 g/mol. The highest BCUT2D eigenvalue weighted by Gasteiger charge is 2.58. The second kappa shape index (κ2) is 11.2. The van der Waals surface area contributed by atoms with Gasteiger partial charge >= 0.3 is 0 Å². The van der Waals surface area contributed by atoms with E-state index in [4.69, 9.17) is 0 Å². The van der Waals surface area contributed by atoms with E-state index in [1.165, 1.54) is 31.4 Å². The number of benzene rings is 1. The first-order chi connectivity index (χ1) is 19.2. The molecular formula is C34H51F2N3O2. The van der Waals surface area contributed by atoms with E-state index in [0.717, 1.165) is 51.1 Å². The molecule has 4 aliphatic rings. The van der Waals surface area contributed by atoms with Crippen LogP contribution in [-0.4, -0.2) is 57.9 Å². The van der Waals surface area contributed by atoms with E-state index in [2.05, 4.69) is 35.9 Å². The lowest BCUT2D eigenvalue weighted by molar-refractivity contribution is -0.155. The Morgan fingerprint density at radius 3 is 2.10 bits per heavy atom.